The van der Waals surface area contributed by atoms with E-state index in [0.717, 1.165) is 12.3 Å². The first-order valence-electron chi connectivity index (χ1n) is 5.15. The molecule has 0 saturated carbocycles. The summed E-state index contributed by atoms with van der Waals surface area (Å²) in [4.78, 5) is 1.37. The highest BCUT2D eigenvalue weighted by Gasteiger charge is 2.00. The normalized spacial score (nSPS) is 12.8. The maximum atomic E-state index is 3.41. The second-order valence-corrected chi connectivity index (χ2v) is 4.68. The summed E-state index contributed by atoms with van der Waals surface area (Å²) >= 11 is 1.92. The average Bonchev–Trinajstić information content (AvgIpc) is 2.15. The summed E-state index contributed by atoms with van der Waals surface area (Å²) < 4.78 is 0. The second-order valence-electron chi connectivity index (χ2n) is 3.59. The number of hydrogen-bond acceptors (Lipinski definition) is 2. The van der Waals surface area contributed by atoms with Gasteiger partial charge in [0.1, 0.15) is 0 Å². The van der Waals surface area contributed by atoms with Crippen molar-refractivity contribution in [1.29, 1.82) is 0 Å². The first-order valence-corrected chi connectivity index (χ1v) is 6.13. The van der Waals surface area contributed by atoms with Crippen LogP contribution in [0.15, 0.2) is 29.2 Å². The molecule has 1 aromatic carbocycles. The lowest BCUT2D eigenvalue weighted by Gasteiger charge is -2.11. The average molecular weight is 209 g/mol. The summed E-state index contributed by atoms with van der Waals surface area (Å²) in [5.74, 6) is 1.14. The van der Waals surface area contributed by atoms with Crippen LogP contribution in [0.3, 0.4) is 0 Å². The molecule has 0 saturated heterocycles. The van der Waals surface area contributed by atoms with Crippen LogP contribution in [-0.4, -0.2) is 18.3 Å². The van der Waals surface area contributed by atoms with Crippen LogP contribution in [0.2, 0.25) is 0 Å². The van der Waals surface area contributed by atoms with Gasteiger partial charge in [-0.3, -0.25) is 0 Å². The molecule has 0 aliphatic heterocycles. The van der Waals surface area contributed by atoms with Crippen molar-refractivity contribution >= 4 is 11.8 Å². The topological polar surface area (TPSA) is 12.0 Å². The Balaban J connectivity index is 2.37. The molecule has 0 aliphatic carbocycles. The van der Waals surface area contributed by atoms with Crippen LogP contribution < -0.4 is 5.32 Å². The van der Waals surface area contributed by atoms with E-state index in [1.807, 2.05) is 11.8 Å². The highest BCUT2D eigenvalue weighted by Crippen LogP contribution is 2.19. The fourth-order valence-corrected chi connectivity index (χ4v) is 2.34. The predicted molar refractivity (Wildman–Crippen MR) is 65.0 cm³/mol. The van der Waals surface area contributed by atoms with Crippen molar-refractivity contribution in [2.75, 3.05) is 12.3 Å². The van der Waals surface area contributed by atoms with E-state index in [9.17, 15) is 0 Å². The van der Waals surface area contributed by atoms with E-state index in [1.54, 1.807) is 0 Å². The summed E-state index contributed by atoms with van der Waals surface area (Å²) in [6.07, 6.45) is 0. The summed E-state index contributed by atoms with van der Waals surface area (Å²) in [7, 11) is 0. The molecule has 1 rings (SSSR count). The minimum Gasteiger partial charge on any atom is -0.314 e. The van der Waals surface area contributed by atoms with E-state index >= 15 is 0 Å². The van der Waals surface area contributed by atoms with Crippen molar-refractivity contribution in [3.05, 3.63) is 29.8 Å². The van der Waals surface area contributed by atoms with Crippen molar-refractivity contribution in [2.24, 2.45) is 0 Å². The zero-order chi connectivity index (χ0) is 10.4. The van der Waals surface area contributed by atoms with Gasteiger partial charge in [0.15, 0.2) is 0 Å². The maximum Gasteiger partial charge on any atom is 0.0133 e. The highest BCUT2D eigenvalue weighted by molar-refractivity contribution is 7.99. The fourth-order valence-electron chi connectivity index (χ4n) is 1.33. The largest absolute Gasteiger partial charge is 0.314 e. The lowest BCUT2D eigenvalue weighted by atomic mass is 10.2. The van der Waals surface area contributed by atoms with Gasteiger partial charge in [-0.05, 0) is 32.5 Å². The molecule has 1 nitrogen and oxygen atoms in total. The molecule has 0 fully saturated rings. The van der Waals surface area contributed by atoms with Crippen LogP contribution in [0.5, 0.6) is 0 Å². The molecule has 0 radical (unpaired) electrons. The molecule has 0 aromatic heterocycles. The van der Waals surface area contributed by atoms with Crippen molar-refractivity contribution in [2.45, 2.75) is 31.7 Å². The molecule has 78 valence electrons. The van der Waals surface area contributed by atoms with E-state index in [0.29, 0.717) is 6.04 Å². The molecule has 0 spiro atoms. The van der Waals surface area contributed by atoms with Crippen molar-refractivity contribution < 1.29 is 0 Å². The standard InChI is InChI=1S/C12H19NS/c1-4-13-11(3)9-14-12-7-5-6-10(2)8-12/h5-8,11,13H,4,9H2,1-3H3. The lowest BCUT2D eigenvalue weighted by Crippen LogP contribution is -2.27. The minimum absolute atomic E-state index is 0.588. The molecule has 0 aliphatic rings. The number of thioether (sulfide) groups is 1. The lowest BCUT2D eigenvalue weighted by molar-refractivity contribution is 0.620. The van der Waals surface area contributed by atoms with E-state index in [2.05, 4.69) is 50.4 Å². The Kier molecular flexibility index (Phi) is 5.05. The zero-order valence-corrected chi connectivity index (χ0v) is 10.0. The van der Waals surface area contributed by atoms with E-state index in [-0.39, 0.29) is 0 Å². The predicted octanol–water partition coefficient (Wildman–Crippen LogP) is 3.09. The van der Waals surface area contributed by atoms with Gasteiger partial charge in [0.25, 0.3) is 0 Å². The van der Waals surface area contributed by atoms with E-state index in [1.165, 1.54) is 10.5 Å². The van der Waals surface area contributed by atoms with Crippen LogP contribution in [0.25, 0.3) is 0 Å². The van der Waals surface area contributed by atoms with Crippen molar-refractivity contribution in [1.82, 2.24) is 5.32 Å². The highest BCUT2D eigenvalue weighted by atomic mass is 32.2. The molecule has 1 N–H and O–H groups in total. The number of aryl methyl sites for hydroxylation is 1. The van der Waals surface area contributed by atoms with Crippen LogP contribution in [0.4, 0.5) is 0 Å². The Hall–Kier alpha value is -0.470. The van der Waals surface area contributed by atoms with Gasteiger partial charge in [-0.2, -0.15) is 0 Å². The molecule has 0 bridgehead atoms. The van der Waals surface area contributed by atoms with Crippen molar-refractivity contribution in [3.8, 4) is 0 Å². The van der Waals surface area contributed by atoms with Gasteiger partial charge >= 0.3 is 0 Å². The molecule has 14 heavy (non-hydrogen) atoms. The van der Waals surface area contributed by atoms with Crippen LogP contribution in [-0.2, 0) is 0 Å². The molecule has 1 unspecified atom stereocenters. The monoisotopic (exact) mass is 209 g/mol. The smallest absolute Gasteiger partial charge is 0.0133 e. The maximum absolute atomic E-state index is 3.41. The van der Waals surface area contributed by atoms with Crippen LogP contribution >= 0.6 is 11.8 Å². The number of benzene rings is 1. The first-order chi connectivity index (χ1) is 6.72. The van der Waals surface area contributed by atoms with Crippen LogP contribution in [0.1, 0.15) is 19.4 Å². The molecule has 0 heterocycles. The quantitative estimate of drug-likeness (QED) is 0.748. The van der Waals surface area contributed by atoms with Gasteiger partial charge in [0.2, 0.25) is 0 Å². The first kappa shape index (κ1) is 11.6. The third kappa shape index (κ3) is 4.16. The van der Waals surface area contributed by atoms with Gasteiger partial charge < -0.3 is 5.32 Å². The number of nitrogens with one attached hydrogen (secondary N) is 1. The van der Waals surface area contributed by atoms with Gasteiger partial charge in [-0.25, -0.2) is 0 Å². The molecule has 0 amide bonds. The zero-order valence-electron chi connectivity index (χ0n) is 9.21. The third-order valence-electron chi connectivity index (χ3n) is 2.04. The van der Waals surface area contributed by atoms with E-state index in [4.69, 9.17) is 0 Å². The Morgan fingerprint density at radius 1 is 1.43 bits per heavy atom. The Morgan fingerprint density at radius 2 is 2.21 bits per heavy atom. The minimum atomic E-state index is 0.588. The summed E-state index contributed by atoms with van der Waals surface area (Å²) in [6, 6.07) is 9.26. The van der Waals surface area contributed by atoms with E-state index < -0.39 is 0 Å². The number of rotatable bonds is 5. The Bertz CT molecular complexity index is 273. The molecular weight excluding hydrogens is 190 g/mol. The van der Waals surface area contributed by atoms with Crippen LogP contribution in [0, 0.1) is 6.92 Å². The fraction of sp³-hybridized carbons (Fsp3) is 0.500. The Labute approximate surface area is 91.3 Å². The SMILES string of the molecule is CCNC(C)CSc1cccc(C)c1. The summed E-state index contributed by atoms with van der Waals surface area (Å²) in [5, 5.41) is 3.41. The molecule has 1 atom stereocenters. The summed E-state index contributed by atoms with van der Waals surface area (Å²) in [5.41, 5.74) is 1.34. The van der Waals surface area contributed by atoms with Crippen molar-refractivity contribution in [3.63, 3.8) is 0 Å². The van der Waals surface area contributed by atoms with Gasteiger partial charge in [0.05, 0.1) is 0 Å². The molecule has 1 aromatic rings. The van der Waals surface area contributed by atoms with Gasteiger partial charge in [-0.1, -0.05) is 24.6 Å². The number of hydrogen-bond donors (Lipinski definition) is 1. The molecular formula is C12H19NS. The third-order valence-corrected chi connectivity index (χ3v) is 3.30. The van der Waals surface area contributed by atoms with Gasteiger partial charge in [-0.15, -0.1) is 11.8 Å². The second kappa shape index (κ2) is 6.10. The summed E-state index contributed by atoms with van der Waals surface area (Å²) in [6.45, 7) is 7.56. The van der Waals surface area contributed by atoms with Gasteiger partial charge in [0, 0.05) is 16.7 Å². The Morgan fingerprint density at radius 3 is 2.86 bits per heavy atom. The molecule has 2 heteroatoms.